The van der Waals surface area contributed by atoms with Gasteiger partial charge in [0, 0.05) is 12.6 Å². The van der Waals surface area contributed by atoms with Crippen LogP contribution in [0.3, 0.4) is 0 Å². The second-order valence-corrected chi connectivity index (χ2v) is 11.0. The lowest BCUT2D eigenvalue weighted by molar-refractivity contribution is -0.248. The van der Waals surface area contributed by atoms with E-state index in [0.29, 0.717) is 29.4 Å². The highest BCUT2D eigenvalue weighted by Gasteiger charge is 2.20. The van der Waals surface area contributed by atoms with Gasteiger partial charge >= 0.3 is 0 Å². The molecule has 1 aliphatic carbocycles. The zero-order chi connectivity index (χ0) is 33.3. The van der Waals surface area contributed by atoms with Crippen molar-refractivity contribution < 1.29 is 19.2 Å². The molecular weight excluding hydrogens is 688 g/mol. The standard InChI is InChI=1S/C21H22Br2N4O2.C4H8.C4H10.C3H6.C2H6O2/c1-5-7-13(6-2)11-24-18-10-16(26-21-15(23)12-25-27(18)21)19-17(28-3)9-8-14(22)20(19)29-4;1-2-4-3-1;1-3-4-2;1-3-2;1-3-4-2/h5-10,12,24H,11H2,1-4H3;1-4H2;3-4H2,1-2H3;3H,1H2,2H3;1-2H3/b7-5-,13-6+;;;;. The van der Waals surface area contributed by atoms with Gasteiger partial charge in [0.2, 0.25) is 0 Å². The Morgan fingerprint density at radius 3 is 1.98 bits per heavy atom. The van der Waals surface area contributed by atoms with Crippen LogP contribution < -0.4 is 14.8 Å². The third-order valence-corrected chi connectivity index (χ3v) is 7.26. The fraction of sp³-hybridized carbons (Fsp3) is 0.471. The van der Waals surface area contributed by atoms with Crippen molar-refractivity contribution in [2.24, 2.45) is 0 Å². The van der Waals surface area contributed by atoms with Crippen molar-refractivity contribution in [3.8, 4) is 22.8 Å². The number of fused-ring (bicyclic) bond motifs is 1. The largest absolute Gasteiger partial charge is 0.496 e. The Morgan fingerprint density at radius 2 is 1.55 bits per heavy atom. The van der Waals surface area contributed by atoms with Gasteiger partial charge in [0.1, 0.15) is 17.3 Å². The third-order valence-electron chi connectivity index (χ3n) is 6.07. The lowest BCUT2D eigenvalue weighted by atomic mass is 10.0. The first-order valence-corrected chi connectivity index (χ1v) is 16.5. The highest BCUT2D eigenvalue weighted by atomic mass is 79.9. The quantitative estimate of drug-likeness (QED) is 0.101. The van der Waals surface area contributed by atoms with E-state index < -0.39 is 0 Å². The summed E-state index contributed by atoms with van der Waals surface area (Å²) in [5.41, 5.74) is 3.34. The van der Waals surface area contributed by atoms with Crippen LogP contribution in [0.2, 0.25) is 0 Å². The van der Waals surface area contributed by atoms with Gasteiger partial charge < -0.3 is 14.8 Å². The first-order chi connectivity index (χ1) is 21.3. The average molecular weight is 741 g/mol. The van der Waals surface area contributed by atoms with Crippen molar-refractivity contribution >= 4 is 43.3 Å². The van der Waals surface area contributed by atoms with Crippen molar-refractivity contribution in [1.82, 2.24) is 14.6 Å². The van der Waals surface area contributed by atoms with E-state index in [-0.39, 0.29) is 0 Å². The maximum absolute atomic E-state index is 5.64. The van der Waals surface area contributed by atoms with E-state index in [9.17, 15) is 0 Å². The first-order valence-electron chi connectivity index (χ1n) is 14.9. The predicted molar refractivity (Wildman–Crippen MR) is 193 cm³/mol. The molecule has 44 heavy (non-hydrogen) atoms. The fourth-order valence-electron chi connectivity index (χ4n) is 3.26. The molecule has 0 radical (unpaired) electrons. The van der Waals surface area contributed by atoms with Gasteiger partial charge in [-0.15, -0.1) is 6.58 Å². The highest BCUT2D eigenvalue weighted by Crippen LogP contribution is 2.43. The number of aromatic nitrogens is 3. The molecule has 0 spiro atoms. The number of hydrogen-bond acceptors (Lipinski definition) is 7. The Labute approximate surface area is 282 Å². The number of anilines is 1. The number of nitrogens with zero attached hydrogens (tertiary/aromatic N) is 3. The molecule has 0 bridgehead atoms. The average Bonchev–Trinajstić information content (AvgIpc) is 3.39. The third kappa shape index (κ3) is 14.4. The SMILES string of the molecule is C/C=C\C(=C/C)CNc1cc(-c2c(OC)ccc(Br)c2OC)nc2c(Br)cnn12.C1CCC1.C=CC.CCCC.COOC. The van der Waals surface area contributed by atoms with E-state index in [1.54, 1.807) is 31.0 Å². The Hall–Kier alpha value is -2.66. The lowest BCUT2D eigenvalue weighted by Gasteiger charge is -2.16. The van der Waals surface area contributed by atoms with Gasteiger partial charge in [-0.3, -0.25) is 0 Å². The van der Waals surface area contributed by atoms with Crippen LogP contribution in [0, 0.1) is 0 Å². The van der Waals surface area contributed by atoms with Gasteiger partial charge in [0.25, 0.3) is 0 Å². The van der Waals surface area contributed by atoms with Crippen LogP contribution in [0.5, 0.6) is 11.5 Å². The Balaban J connectivity index is 0.00000102. The molecule has 1 fully saturated rings. The first kappa shape index (κ1) is 41.3. The summed E-state index contributed by atoms with van der Waals surface area (Å²) in [5.74, 6) is 2.14. The zero-order valence-electron chi connectivity index (χ0n) is 28.0. The predicted octanol–water partition coefficient (Wildman–Crippen LogP) is 10.6. The molecule has 246 valence electrons. The zero-order valence-corrected chi connectivity index (χ0v) is 31.2. The maximum Gasteiger partial charge on any atom is 0.172 e. The molecule has 1 saturated carbocycles. The molecule has 0 aliphatic heterocycles. The summed E-state index contributed by atoms with van der Waals surface area (Å²) in [6.07, 6.45) is 18.3. The van der Waals surface area contributed by atoms with E-state index in [1.807, 2.05) is 45.0 Å². The molecular formula is C34H52Br2N4O4. The number of methoxy groups -OCH3 is 2. The van der Waals surface area contributed by atoms with E-state index >= 15 is 0 Å². The highest BCUT2D eigenvalue weighted by molar-refractivity contribution is 9.11. The van der Waals surface area contributed by atoms with E-state index in [4.69, 9.17) is 14.5 Å². The molecule has 8 nitrogen and oxygen atoms in total. The maximum atomic E-state index is 5.64. The summed E-state index contributed by atoms with van der Waals surface area (Å²) >= 11 is 7.10. The monoisotopic (exact) mass is 738 g/mol. The van der Waals surface area contributed by atoms with Gasteiger partial charge in [-0.2, -0.15) is 9.61 Å². The summed E-state index contributed by atoms with van der Waals surface area (Å²) in [6, 6.07) is 5.72. The number of unbranched alkanes of at least 4 members (excludes halogenated alkanes) is 1. The summed E-state index contributed by atoms with van der Waals surface area (Å²) in [7, 11) is 6.18. The molecule has 0 amide bonds. The van der Waals surface area contributed by atoms with E-state index in [0.717, 1.165) is 20.3 Å². The van der Waals surface area contributed by atoms with Gasteiger partial charge in [-0.05, 0) is 70.3 Å². The molecule has 4 rings (SSSR count). The van der Waals surface area contributed by atoms with Gasteiger partial charge in [0.05, 0.1) is 54.8 Å². The summed E-state index contributed by atoms with van der Waals surface area (Å²) in [5, 5.41) is 7.90. The van der Waals surface area contributed by atoms with Crippen molar-refractivity contribution in [2.75, 3.05) is 40.3 Å². The molecule has 0 atom stereocenters. The van der Waals surface area contributed by atoms with Crippen LogP contribution in [0.25, 0.3) is 16.9 Å². The molecule has 1 aliphatic rings. The lowest BCUT2D eigenvalue weighted by Crippen LogP contribution is -2.09. The van der Waals surface area contributed by atoms with Gasteiger partial charge in [-0.1, -0.05) is 76.7 Å². The number of allylic oxidation sites excluding steroid dienone is 3. The second kappa shape index (κ2) is 25.6. The van der Waals surface area contributed by atoms with E-state index in [2.05, 4.69) is 84.6 Å². The number of hydrogen-bond donors (Lipinski definition) is 1. The summed E-state index contributed by atoms with van der Waals surface area (Å²) in [4.78, 5) is 12.9. The molecule has 0 saturated heterocycles. The minimum Gasteiger partial charge on any atom is -0.496 e. The summed E-state index contributed by atoms with van der Waals surface area (Å²) < 4.78 is 14.6. The molecule has 3 aromatic rings. The number of rotatable bonds is 9. The molecule has 1 aromatic carbocycles. The summed E-state index contributed by atoms with van der Waals surface area (Å²) in [6.45, 7) is 14.3. The second-order valence-electron chi connectivity index (χ2n) is 9.29. The molecule has 0 unspecified atom stereocenters. The van der Waals surface area contributed by atoms with Crippen molar-refractivity contribution in [3.63, 3.8) is 0 Å². The van der Waals surface area contributed by atoms with Crippen LogP contribution >= 0.6 is 31.9 Å². The molecule has 2 aromatic heterocycles. The van der Waals surface area contributed by atoms with E-state index in [1.165, 1.54) is 58.3 Å². The minimum absolute atomic E-state index is 0.656. The van der Waals surface area contributed by atoms with Crippen molar-refractivity contribution in [2.45, 2.75) is 73.1 Å². The Morgan fingerprint density at radius 1 is 0.955 bits per heavy atom. The van der Waals surface area contributed by atoms with Gasteiger partial charge in [-0.25, -0.2) is 14.8 Å². The molecule has 1 N–H and O–H groups in total. The van der Waals surface area contributed by atoms with Crippen LogP contribution in [0.15, 0.2) is 69.8 Å². The Kier molecular flexibility index (Phi) is 24.1. The van der Waals surface area contributed by atoms with Crippen LogP contribution in [-0.4, -0.2) is 49.6 Å². The van der Waals surface area contributed by atoms with Crippen molar-refractivity contribution in [1.29, 1.82) is 0 Å². The van der Waals surface area contributed by atoms with Gasteiger partial charge in [0.15, 0.2) is 5.65 Å². The fourth-order valence-corrected chi connectivity index (χ4v) is 4.10. The van der Waals surface area contributed by atoms with Crippen LogP contribution in [0.1, 0.15) is 73.1 Å². The molecule has 10 heteroatoms. The number of nitrogens with one attached hydrogen (secondary N) is 1. The number of benzene rings is 1. The number of ether oxygens (including phenoxy) is 2. The minimum atomic E-state index is 0.656. The normalized spacial score (nSPS) is 11.8. The molecule has 2 heterocycles. The topological polar surface area (TPSA) is 79.1 Å². The number of halogens is 2. The van der Waals surface area contributed by atoms with Crippen LogP contribution in [0.4, 0.5) is 5.82 Å². The van der Waals surface area contributed by atoms with Crippen LogP contribution in [-0.2, 0) is 9.78 Å². The Bertz CT molecular complexity index is 1260. The van der Waals surface area contributed by atoms with Crippen molar-refractivity contribution in [3.05, 3.63) is 69.8 Å². The smallest absolute Gasteiger partial charge is 0.172 e.